The van der Waals surface area contributed by atoms with E-state index >= 15 is 0 Å². The molecule has 1 aromatic heterocycles. The molecule has 1 unspecified atom stereocenters. The Morgan fingerprint density at radius 3 is 2.63 bits per heavy atom. The van der Waals surface area contributed by atoms with Gasteiger partial charge in [0, 0.05) is 26.2 Å². The lowest BCUT2D eigenvalue weighted by Gasteiger charge is -2.34. The number of piperidine rings is 1. The first-order valence-corrected chi connectivity index (χ1v) is 9.44. The van der Waals surface area contributed by atoms with Crippen molar-refractivity contribution in [2.75, 3.05) is 37.7 Å². The molecule has 0 bridgehead atoms. The Kier molecular flexibility index (Phi) is 5.29. The largest absolute Gasteiger partial charge is 0.370 e. The van der Waals surface area contributed by atoms with Gasteiger partial charge in [-0.3, -0.25) is 9.78 Å². The summed E-state index contributed by atoms with van der Waals surface area (Å²) >= 11 is 0. The van der Waals surface area contributed by atoms with Crippen LogP contribution in [0.15, 0.2) is 36.7 Å². The Morgan fingerprint density at radius 1 is 1.07 bits per heavy atom. The number of hydrogen-bond acceptors (Lipinski definition) is 5. The number of rotatable bonds is 3. The van der Waals surface area contributed by atoms with Crippen LogP contribution in [0.3, 0.4) is 0 Å². The summed E-state index contributed by atoms with van der Waals surface area (Å²) in [4.78, 5) is 25.4. The second-order valence-electron chi connectivity index (χ2n) is 6.97. The van der Waals surface area contributed by atoms with Crippen molar-refractivity contribution < 1.29 is 13.9 Å². The molecule has 2 fully saturated rings. The summed E-state index contributed by atoms with van der Waals surface area (Å²) in [6, 6.07) is 6.36. The molecule has 4 rings (SSSR count). The summed E-state index contributed by atoms with van der Waals surface area (Å²) in [5.41, 5.74) is 1.31. The number of halogens is 1. The Bertz CT molecular complexity index is 793. The normalized spacial score (nSPS) is 20.6. The average Bonchev–Trinajstić information content (AvgIpc) is 2.74. The summed E-state index contributed by atoms with van der Waals surface area (Å²) in [5.74, 6) is 0.363. The molecule has 0 N–H and O–H groups in total. The van der Waals surface area contributed by atoms with E-state index in [4.69, 9.17) is 4.74 Å². The van der Waals surface area contributed by atoms with E-state index in [0.717, 1.165) is 31.5 Å². The minimum atomic E-state index is -0.263. The van der Waals surface area contributed by atoms with E-state index in [2.05, 4.69) is 14.9 Å². The first kappa shape index (κ1) is 17.9. The Morgan fingerprint density at radius 2 is 1.85 bits per heavy atom. The summed E-state index contributed by atoms with van der Waals surface area (Å²) in [6.07, 6.45) is 6.32. The van der Waals surface area contributed by atoms with Crippen LogP contribution >= 0.6 is 0 Å². The zero-order valence-corrected chi connectivity index (χ0v) is 15.2. The molecule has 0 saturated carbocycles. The summed E-state index contributed by atoms with van der Waals surface area (Å²) in [5, 5.41) is 0. The smallest absolute Gasteiger partial charge is 0.274 e. The molecule has 2 aliphatic rings. The predicted molar refractivity (Wildman–Crippen MR) is 99.1 cm³/mol. The van der Waals surface area contributed by atoms with Crippen LogP contribution in [0.25, 0.3) is 0 Å². The van der Waals surface area contributed by atoms with Gasteiger partial charge in [-0.25, -0.2) is 9.37 Å². The number of amides is 1. The SMILES string of the molecule is O=C(c1cncc(N2CCOC(c3ccc(F)cc3)C2)n1)N1CCCCC1. The molecule has 2 saturated heterocycles. The van der Waals surface area contributed by atoms with E-state index < -0.39 is 0 Å². The van der Waals surface area contributed by atoms with E-state index in [-0.39, 0.29) is 17.8 Å². The molecule has 2 aliphatic heterocycles. The van der Waals surface area contributed by atoms with Gasteiger partial charge in [0.1, 0.15) is 23.4 Å². The number of aromatic nitrogens is 2. The number of likely N-dealkylation sites (tertiary alicyclic amines) is 1. The number of morpholine rings is 1. The highest BCUT2D eigenvalue weighted by molar-refractivity contribution is 5.92. The second-order valence-corrected chi connectivity index (χ2v) is 6.97. The molecule has 0 spiro atoms. The van der Waals surface area contributed by atoms with Crippen molar-refractivity contribution in [1.82, 2.24) is 14.9 Å². The Labute approximate surface area is 158 Å². The average molecular weight is 370 g/mol. The van der Waals surface area contributed by atoms with Gasteiger partial charge in [-0.2, -0.15) is 0 Å². The van der Waals surface area contributed by atoms with Crippen molar-refractivity contribution in [2.24, 2.45) is 0 Å². The van der Waals surface area contributed by atoms with Crippen LogP contribution in [0, 0.1) is 5.82 Å². The van der Waals surface area contributed by atoms with Crippen LogP contribution < -0.4 is 4.90 Å². The fraction of sp³-hybridized carbons (Fsp3) is 0.450. The molecule has 2 aromatic rings. The van der Waals surface area contributed by atoms with Crippen LogP contribution in [-0.4, -0.2) is 53.6 Å². The number of benzene rings is 1. The molecule has 6 nitrogen and oxygen atoms in total. The molecule has 27 heavy (non-hydrogen) atoms. The van der Waals surface area contributed by atoms with Gasteiger partial charge in [0.05, 0.1) is 19.0 Å². The molecule has 3 heterocycles. The standard InChI is InChI=1S/C20H23FN4O2/c21-16-6-4-15(5-7-16)18-14-25(10-11-27-18)19-13-22-12-17(23-19)20(26)24-8-2-1-3-9-24/h4-7,12-13,18H,1-3,8-11,14H2. The van der Waals surface area contributed by atoms with Crippen LogP contribution in [-0.2, 0) is 4.74 Å². The monoisotopic (exact) mass is 370 g/mol. The first-order valence-electron chi connectivity index (χ1n) is 9.44. The van der Waals surface area contributed by atoms with Crippen molar-refractivity contribution in [2.45, 2.75) is 25.4 Å². The zero-order chi connectivity index (χ0) is 18.6. The van der Waals surface area contributed by atoms with Gasteiger partial charge >= 0.3 is 0 Å². The minimum Gasteiger partial charge on any atom is -0.370 e. The van der Waals surface area contributed by atoms with Crippen molar-refractivity contribution in [3.63, 3.8) is 0 Å². The number of ether oxygens (including phenoxy) is 1. The molecular weight excluding hydrogens is 347 g/mol. The maximum Gasteiger partial charge on any atom is 0.274 e. The first-order chi connectivity index (χ1) is 13.2. The maximum atomic E-state index is 13.2. The highest BCUT2D eigenvalue weighted by atomic mass is 19.1. The Hall–Kier alpha value is -2.54. The number of anilines is 1. The molecule has 0 aliphatic carbocycles. The van der Waals surface area contributed by atoms with Crippen molar-refractivity contribution in [1.29, 1.82) is 0 Å². The molecular formula is C20H23FN4O2. The molecule has 7 heteroatoms. The molecule has 0 radical (unpaired) electrons. The van der Waals surface area contributed by atoms with Gasteiger partial charge in [-0.1, -0.05) is 12.1 Å². The maximum absolute atomic E-state index is 13.2. The van der Waals surface area contributed by atoms with E-state index in [1.54, 1.807) is 24.5 Å². The van der Waals surface area contributed by atoms with Gasteiger partial charge in [-0.05, 0) is 37.0 Å². The third-order valence-electron chi connectivity index (χ3n) is 5.12. The van der Waals surface area contributed by atoms with E-state index in [1.165, 1.54) is 18.6 Å². The molecule has 142 valence electrons. The van der Waals surface area contributed by atoms with Gasteiger partial charge in [0.2, 0.25) is 0 Å². The minimum absolute atomic E-state index is 0.0487. The van der Waals surface area contributed by atoms with E-state index in [0.29, 0.717) is 31.2 Å². The third-order valence-corrected chi connectivity index (χ3v) is 5.12. The molecule has 1 aromatic carbocycles. The number of carbonyl (C=O) groups excluding carboxylic acids is 1. The number of nitrogens with zero attached hydrogens (tertiary/aromatic N) is 4. The van der Waals surface area contributed by atoms with E-state index in [1.807, 2.05) is 4.90 Å². The lowest BCUT2D eigenvalue weighted by molar-refractivity contribution is 0.0394. The Balaban J connectivity index is 1.49. The molecule has 1 atom stereocenters. The zero-order valence-electron chi connectivity index (χ0n) is 15.2. The van der Waals surface area contributed by atoms with Crippen LogP contribution in [0.4, 0.5) is 10.2 Å². The van der Waals surface area contributed by atoms with Crippen molar-refractivity contribution in [3.8, 4) is 0 Å². The van der Waals surface area contributed by atoms with Crippen LogP contribution in [0.5, 0.6) is 0 Å². The van der Waals surface area contributed by atoms with Gasteiger partial charge in [0.15, 0.2) is 0 Å². The fourth-order valence-corrected chi connectivity index (χ4v) is 3.61. The van der Waals surface area contributed by atoms with Crippen molar-refractivity contribution >= 4 is 11.7 Å². The summed E-state index contributed by atoms with van der Waals surface area (Å²) < 4.78 is 19.0. The third kappa shape index (κ3) is 4.08. The summed E-state index contributed by atoms with van der Waals surface area (Å²) in [6.45, 7) is 3.37. The quantitative estimate of drug-likeness (QED) is 0.832. The highest BCUT2D eigenvalue weighted by Gasteiger charge is 2.25. The van der Waals surface area contributed by atoms with Gasteiger partial charge in [-0.15, -0.1) is 0 Å². The van der Waals surface area contributed by atoms with Crippen LogP contribution in [0.1, 0.15) is 41.4 Å². The lowest BCUT2D eigenvalue weighted by atomic mass is 10.1. The second kappa shape index (κ2) is 8.00. The van der Waals surface area contributed by atoms with Gasteiger partial charge < -0.3 is 14.5 Å². The van der Waals surface area contributed by atoms with Crippen molar-refractivity contribution in [3.05, 3.63) is 53.7 Å². The number of hydrogen-bond donors (Lipinski definition) is 0. The van der Waals surface area contributed by atoms with E-state index in [9.17, 15) is 9.18 Å². The predicted octanol–water partition coefficient (Wildman–Crippen LogP) is 2.82. The highest BCUT2D eigenvalue weighted by Crippen LogP contribution is 2.25. The van der Waals surface area contributed by atoms with Gasteiger partial charge in [0.25, 0.3) is 5.91 Å². The molecule has 1 amide bonds. The van der Waals surface area contributed by atoms with Crippen LogP contribution in [0.2, 0.25) is 0 Å². The fourth-order valence-electron chi connectivity index (χ4n) is 3.61. The topological polar surface area (TPSA) is 58.6 Å². The lowest BCUT2D eigenvalue weighted by Crippen LogP contribution is -2.40. The summed E-state index contributed by atoms with van der Waals surface area (Å²) in [7, 11) is 0. The number of carbonyl (C=O) groups is 1.